The maximum Gasteiger partial charge on any atom is 0.303 e. The molecule has 4 nitrogen and oxygen atoms in total. The fraction of sp³-hybridized carbons (Fsp3) is 0.458. The fourth-order valence-electron chi connectivity index (χ4n) is 2.89. The van der Waals surface area contributed by atoms with Crippen molar-refractivity contribution in [3.63, 3.8) is 0 Å². The summed E-state index contributed by atoms with van der Waals surface area (Å²) in [5.41, 5.74) is 4.81. The summed E-state index contributed by atoms with van der Waals surface area (Å²) in [4.78, 5) is 11.4. The van der Waals surface area contributed by atoms with Gasteiger partial charge in [-0.2, -0.15) is 0 Å². The number of esters is 1. The first-order valence-corrected chi connectivity index (χ1v) is 9.74. The van der Waals surface area contributed by atoms with Gasteiger partial charge in [-0.25, -0.2) is 0 Å². The molecule has 1 rings (SSSR count). The van der Waals surface area contributed by atoms with E-state index in [4.69, 9.17) is 4.74 Å². The van der Waals surface area contributed by atoms with Gasteiger partial charge < -0.3 is 14.9 Å². The maximum absolute atomic E-state index is 11.4. The monoisotopic (exact) mass is 386 g/mol. The molecule has 0 radical (unpaired) electrons. The minimum atomic E-state index is -0.270. The van der Waals surface area contributed by atoms with E-state index >= 15 is 0 Å². The number of carbonyl (C=O) groups is 1. The van der Waals surface area contributed by atoms with Crippen molar-refractivity contribution >= 4 is 5.97 Å². The van der Waals surface area contributed by atoms with E-state index in [1.165, 1.54) is 18.1 Å². The molecule has 1 aromatic carbocycles. The zero-order valence-electron chi connectivity index (χ0n) is 18.0. The zero-order valence-corrected chi connectivity index (χ0v) is 18.0. The highest BCUT2D eigenvalue weighted by molar-refractivity contribution is 5.66. The highest BCUT2D eigenvalue weighted by Gasteiger charge is 2.12. The third kappa shape index (κ3) is 8.47. The molecular formula is C24H34O4. The third-order valence-electron chi connectivity index (χ3n) is 4.56. The van der Waals surface area contributed by atoms with Crippen LogP contribution in [0.3, 0.4) is 0 Å². The summed E-state index contributed by atoms with van der Waals surface area (Å²) < 4.78 is 5.44. The first-order valence-electron chi connectivity index (χ1n) is 9.74. The SMILES string of the molecule is CC(=O)O[C@H](CC=C(C)C)/C(C)=C/CC/C(C)=C/Cc1c(O)cc(C)cc1O. The third-order valence-corrected chi connectivity index (χ3v) is 4.56. The Morgan fingerprint density at radius 3 is 2.18 bits per heavy atom. The molecule has 0 heterocycles. The summed E-state index contributed by atoms with van der Waals surface area (Å²) in [6.45, 7) is 11.4. The highest BCUT2D eigenvalue weighted by Crippen LogP contribution is 2.29. The predicted molar refractivity (Wildman–Crippen MR) is 115 cm³/mol. The van der Waals surface area contributed by atoms with E-state index in [9.17, 15) is 15.0 Å². The minimum Gasteiger partial charge on any atom is -0.508 e. The topological polar surface area (TPSA) is 66.8 Å². The van der Waals surface area contributed by atoms with Crippen molar-refractivity contribution < 1.29 is 19.7 Å². The Kier molecular flexibility index (Phi) is 9.57. The second kappa shape index (κ2) is 11.4. The molecule has 4 heteroatoms. The van der Waals surface area contributed by atoms with Gasteiger partial charge in [-0.1, -0.05) is 29.4 Å². The molecule has 0 aliphatic carbocycles. The summed E-state index contributed by atoms with van der Waals surface area (Å²) in [6.07, 6.45) is 8.88. The Bertz CT molecular complexity index is 742. The number of allylic oxidation sites excluding steroid dienone is 4. The minimum absolute atomic E-state index is 0.126. The average Bonchev–Trinajstić information content (AvgIpc) is 2.57. The van der Waals surface area contributed by atoms with Gasteiger partial charge in [-0.15, -0.1) is 0 Å². The van der Waals surface area contributed by atoms with E-state index in [0.717, 1.165) is 24.0 Å². The standard InChI is InChI=1S/C24H34O4/c1-16(2)10-13-24(28-20(6)25)19(5)9-7-8-17(3)11-12-21-22(26)14-18(4)15-23(21)27/h9-11,14-15,24,26-27H,7-8,12-13H2,1-6H3/b17-11+,19-9+/t24-/m1/s1. The lowest BCUT2D eigenvalue weighted by Crippen LogP contribution is -2.17. The molecule has 0 bridgehead atoms. The molecule has 2 N–H and O–H groups in total. The Labute approximate surface area is 169 Å². The van der Waals surface area contributed by atoms with E-state index in [-0.39, 0.29) is 23.6 Å². The number of ether oxygens (including phenoxy) is 1. The number of aromatic hydroxyl groups is 2. The van der Waals surface area contributed by atoms with E-state index in [1.54, 1.807) is 12.1 Å². The van der Waals surface area contributed by atoms with Crippen molar-refractivity contribution in [3.8, 4) is 11.5 Å². The van der Waals surface area contributed by atoms with Crippen molar-refractivity contribution in [2.24, 2.45) is 0 Å². The molecule has 0 aliphatic rings. The Morgan fingerprint density at radius 2 is 1.64 bits per heavy atom. The Balaban J connectivity index is 2.69. The van der Waals surface area contributed by atoms with Gasteiger partial charge >= 0.3 is 5.97 Å². The largest absolute Gasteiger partial charge is 0.508 e. The van der Waals surface area contributed by atoms with Gasteiger partial charge in [0, 0.05) is 18.9 Å². The predicted octanol–water partition coefficient (Wildman–Crippen LogP) is 5.91. The van der Waals surface area contributed by atoms with Crippen LogP contribution in [0.4, 0.5) is 0 Å². The van der Waals surface area contributed by atoms with Crippen LogP contribution >= 0.6 is 0 Å². The van der Waals surface area contributed by atoms with Gasteiger partial charge in [0.1, 0.15) is 17.6 Å². The van der Waals surface area contributed by atoms with Crippen LogP contribution in [-0.4, -0.2) is 22.3 Å². The van der Waals surface area contributed by atoms with Crippen molar-refractivity contribution in [1.29, 1.82) is 0 Å². The second-order valence-corrected chi connectivity index (χ2v) is 7.64. The van der Waals surface area contributed by atoms with Crippen LogP contribution in [-0.2, 0) is 16.0 Å². The Morgan fingerprint density at radius 1 is 1.04 bits per heavy atom. The van der Waals surface area contributed by atoms with Crippen LogP contribution in [0.15, 0.2) is 47.1 Å². The van der Waals surface area contributed by atoms with Crippen molar-refractivity contribution in [1.82, 2.24) is 0 Å². The molecule has 0 saturated carbocycles. The first kappa shape index (κ1) is 23.5. The molecule has 1 aromatic rings. The van der Waals surface area contributed by atoms with Crippen LogP contribution in [0.25, 0.3) is 0 Å². The number of aryl methyl sites for hydroxylation is 1. The number of hydrogen-bond donors (Lipinski definition) is 2. The van der Waals surface area contributed by atoms with Crippen LogP contribution in [0.2, 0.25) is 0 Å². The number of rotatable bonds is 9. The first-order chi connectivity index (χ1) is 13.1. The molecule has 0 aromatic heterocycles. The van der Waals surface area contributed by atoms with Crippen molar-refractivity contribution in [2.45, 2.75) is 73.3 Å². The van der Waals surface area contributed by atoms with E-state index in [1.807, 2.05) is 40.7 Å². The van der Waals surface area contributed by atoms with Crippen molar-refractivity contribution in [2.75, 3.05) is 0 Å². The summed E-state index contributed by atoms with van der Waals surface area (Å²) >= 11 is 0. The van der Waals surface area contributed by atoms with Gasteiger partial charge in [0.25, 0.3) is 0 Å². The number of phenolic OH excluding ortho intramolecular Hbond substituents is 2. The summed E-state index contributed by atoms with van der Waals surface area (Å²) in [5.74, 6) is -0.0183. The van der Waals surface area contributed by atoms with Crippen LogP contribution in [0, 0.1) is 6.92 Å². The lowest BCUT2D eigenvalue weighted by Gasteiger charge is -2.16. The number of phenols is 2. The molecule has 0 fully saturated rings. The van der Waals surface area contributed by atoms with Gasteiger partial charge in [0.2, 0.25) is 0 Å². The summed E-state index contributed by atoms with van der Waals surface area (Å²) in [7, 11) is 0. The Hall–Kier alpha value is -2.49. The van der Waals surface area contributed by atoms with E-state index in [0.29, 0.717) is 18.4 Å². The quantitative estimate of drug-likeness (QED) is 0.409. The molecule has 0 unspecified atom stereocenters. The van der Waals surface area contributed by atoms with Crippen LogP contribution in [0.5, 0.6) is 11.5 Å². The summed E-state index contributed by atoms with van der Waals surface area (Å²) in [6, 6.07) is 3.32. The zero-order chi connectivity index (χ0) is 21.3. The van der Waals surface area contributed by atoms with E-state index < -0.39 is 0 Å². The van der Waals surface area contributed by atoms with Gasteiger partial charge in [-0.3, -0.25) is 4.79 Å². The number of carbonyl (C=O) groups excluding carboxylic acids is 1. The number of benzene rings is 1. The van der Waals surface area contributed by atoms with Gasteiger partial charge in [0.05, 0.1) is 0 Å². The average molecular weight is 387 g/mol. The second-order valence-electron chi connectivity index (χ2n) is 7.64. The molecule has 154 valence electrons. The molecule has 1 atom stereocenters. The van der Waals surface area contributed by atoms with Gasteiger partial charge in [0.15, 0.2) is 0 Å². The lowest BCUT2D eigenvalue weighted by molar-refractivity contribution is -0.144. The summed E-state index contributed by atoms with van der Waals surface area (Å²) in [5, 5.41) is 20.0. The van der Waals surface area contributed by atoms with Crippen LogP contribution in [0.1, 0.15) is 65.0 Å². The molecule has 0 aliphatic heterocycles. The molecule has 0 saturated heterocycles. The normalized spacial score (nSPS) is 13.2. The molecular weight excluding hydrogens is 352 g/mol. The van der Waals surface area contributed by atoms with Crippen LogP contribution < -0.4 is 0 Å². The molecule has 0 amide bonds. The molecule has 0 spiro atoms. The number of hydrogen-bond acceptors (Lipinski definition) is 4. The highest BCUT2D eigenvalue weighted by atomic mass is 16.5. The molecule has 28 heavy (non-hydrogen) atoms. The van der Waals surface area contributed by atoms with Gasteiger partial charge in [-0.05, 0) is 77.2 Å². The smallest absolute Gasteiger partial charge is 0.303 e. The maximum atomic E-state index is 11.4. The van der Waals surface area contributed by atoms with E-state index in [2.05, 4.69) is 12.2 Å². The van der Waals surface area contributed by atoms with Crippen molar-refractivity contribution in [3.05, 3.63) is 58.2 Å². The lowest BCUT2D eigenvalue weighted by atomic mass is 10.0. The fourth-order valence-corrected chi connectivity index (χ4v) is 2.89.